The van der Waals surface area contributed by atoms with E-state index in [1.807, 2.05) is 0 Å². The van der Waals surface area contributed by atoms with Crippen LogP contribution in [0.2, 0.25) is 0 Å². The third kappa shape index (κ3) is 3.44. The Morgan fingerprint density at radius 2 is 1.41 bits per heavy atom. The zero-order chi connectivity index (χ0) is 13.0. The van der Waals surface area contributed by atoms with Gasteiger partial charge in [-0.05, 0) is 26.2 Å². The van der Waals surface area contributed by atoms with Gasteiger partial charge in [-0.3, -0.25) is 14.4 Å². The summed E-state index contributed by atoms with van der Waals surface area (Å²) in [5, 5.41) is 20.5. The number of carbonyl (C=O) groups excluding carboxylic acids is 1. The first kappa shape index (κ1) is 13.5. The standard InChI is InChI=1S/C11H17NO5/c1-2-12-9(13)6-3-7(10(14)15)5-8(4-6)11(16)17/h6-8H,2-5H2,1H3,(H,12,13)(H,14,15)(H,16,17)/t6?,7-,8?/m0/s1. The SMILES string of the molecule is CCNC(=O)C1CC(C(=O)O)C[C@@H](C(=O)O)C1. The van der Waals surface area contributed by atoms with Crippen LogP contribution in [-0.4, -0.2) is 34.6 Å². The van der Waals surface area contributed by atoms with E-state index in [2.05, 4.69) is 5.32 Å². The normalized spacial score (nSPS) is 28.4. The summed E-state index contributed by atoms with van der Waals surface area (Å²) in [7, 11) is 0. The van der Waals surface area contributed by atoms with Crippen LogP contribution in [-0.2, 0) is 14.4 Å². The third-order valence-electron chi connectivity index (χ3n) is 3.13. The monoisotopic (exact) mass is 243 g/mol. The number of carboxylic acids is 2. The van der Waals surface area contributed by atoms with Crippen LogP contribution in [0.1, 0.15) is 26.2 Å². The highest BCUT2D eigenvalue weighted by molar-refractivity contribution is 5.82. The second-order valence-corrected chi connectivity index (χ2v) is 4.37. The van der Waals surface area contributed by atoms with Gasteiger partial charge in [-0.2, -0.15) is 0 Å². The highest BCUT2D eigenvalue weighted by Crippen LogP contribution is 2.34. The van der Waals surface area contributed by atoms with Gasteiger partial charge in [-0.15, -0.1) is 0 Å². The van der Waals surface area contributed by atoms with E-state index in [-0.39, 0.29) is 25.2 Å². The molecule has 3 atom stereocenters. The molecule has 1 aliphatic rings. The van der Waals surface area contributed by atoms with E-state index in [0.717, 1.165) is 0 Å². The Kier molecular flexibility index (Phi) is 4.48. The van der Waals surface area contributed by atoms with Crippen LogP contribution in [0.3, 0.4) is 0 Å². The number of carboxylic acid groups (broad SMARTS) is 2. The summed E-state index contributed by atoms with van der Waals surface area (Å²) in [4.78, 5) is 33.5. The van der Waals surface area contributed by atoms with Crippen LogP contribution in [0.15, 0.2) is 0 Å². The number of rotatable bonds is 4. The Labute approximate surface area is 99.0 Å². The molecule has 1 amide bonds. The Bertz CT molecular complexity index is 306. The predicted molar refractivity (Wildman–Crippen MR) is 58.3 cm³/mol. The number of amides is 1. The summed E-state index contributed by atoms with van der Waals surface area (Å²) in [5.74, 6) is -4.28. The molecule has 0 saturated heterocycles. The smallest absolute Gasteiger partial charge is 0.306 e. The van der Waals surface area contributed by atoms with Crippen LogP contribution in [0, 0.1) is 17.8 Å². The lowest BCUT2D eigenvalue weighted by molar-refractivity contribution is -0.150. The van der Waals surface area contributed by atoms with E-state index in [1.165, 1.54) is 0 Å². The molecule has 0 heterocycles. The fourth-order valence-corrected chi connectivity index (χ4v) is 2.25. The van der Waals surface area contributed by atoms with Crippen molar-refractivity contribution in [2.24, 2.45) is 17.8 Å². The minimum absolute atomic E-state index is 0.112. The van der Waals surface area contributed by atoms with Crippen molar-refractivity contribution in [3.8, 4) is 0 Å². The van der Waals surface area contributed by atoms with E-state index in [0.29, 0.717) is 6.54 Å². The molecule has 6 heteroatoms. The van der Waals surface area contributed by atoms with Crippen LogP contribution >= 0.6 is 0 Å². The summed E-state index contributed by atoms with van der Waals surface area (Å²) < 4.78 is 0. The number of aliphatic carboxylic acids is 2. The fraction of sp³-hybridized carbons (Fsp3) is 0.727. The van der Waals surface area contributed by atoms with Crippen LogP contribution in [0.25, 0.3) is 0 Å². The van der Waals surface area contributed by atoms with Gasteiger partial charge in [0.15, 0.2) is 0 Å². The summed E-state index contributed by atoms with van der Waals surface area (Å²) >= 11 is 0. The second kappa shape index (κ2) is 5.65. The van der Waals surface area contributed by atoms with Crippen molar-refractivity contribution in [3.05, 3.63) is 0 Å². The fourth-order valence-electron chi connectivity index (χ4n) is 2.25. The average Bonchev–Trinajstić information content (AvgIpc) is 2.28. The maximum Gasteiger partial charge on any atom is 0.306 e. The maximum absolute atomic E-state index is 11.6. The molecule has 0 aromatic carbocycles. The number of hydrogen-bond donors (Lipinski definition) is 3. The van der Waals surface area contributed by atoms with Gasteiger partial charge in [-0.1, -0.05) is 0 Å². The van der Waals surface area contributed by atoms with Crippen LogP contribution in [0.4, 0.5) is 0 Å². The van der Waals surface area contributed by atoms with Gasteiger partial charge < -0.3 is 15.5 Å². The lowest BCUT2D eigenvalue weighted by Crippen LogP contribution is -2.39. The first-order valence-corrected chi connectivity index (χ1v) is 5.69. The Morgan fingerprint density at radius 1 is 1.00 bits per heavy atom. The highest BCUT2D eigenvalue weighted by atomic mass is 16.4. The zero-order valence-electron chi connectivity index (χ0n) is 9.68. The van der Waals surface area contributed by atoms with Crippen molar-refractivity contribution in [2.45, 2.75) is 26.2 Å². The van der Waals surface area contributed by atoms with Gasteiger partial charge >= 0.3 is 11.9 Å². The van der Waals surface area contributed by atoms with Gasteiger partial charge in [0.2, 0.25) is 5.91 Å². The predicted octanol–water partition coefficient (Wildman–Crippen LogP) is 0.324. The quantitative estimate of drug-likeness (QED) is 0.660. The van der Waals surface area contributed by atoms with Crippen molar-refractivity contribution < 1.29 is 24.6 Å². The summed E-state index contributed by atoms with van der Waals surface area (Å²) in [5.41, 5.74) is 0. The molecule has 0 bridgehead atoms. The largest absolute Gasteiger partial charge is 0.481 e. The minimum Gasteiger partial charge on any atom is -0.481 e. The minimum atomic E-state index is -1.02. The maximum atomic E-state index is 11.6. The molecule has 6 nitrogen and oxygen atoms in total. The third-order valence-corrected chi connectivity index (χ3v) is 3.13. The van der Waals surface area contributed by atoms with Crippen molar-refractivity contribution in [1.82, 2.24) is 5.32 Å². The van der Waals surface area contributed by atoms with Gasteiger partial charge in [0.05, 0.1) is 11.8 Å². The molecule has 2 unspecified atom stereocenters. The van der Waals surface area contributed by atoms with Gasteiger partial charge in [0.1, 0.15) is 0 Å². The molecule has 0 aromatic rings. The lowest BCUT2D eigenvalue weighted by atomic mass is 9.75. The first-order chi connectivity index (χ1) is 7.95. The Hall–Kier alpha value is -1.59. The Morgan fingerprint density at radius 3 is 1.76 bits per heavy atom. The molecule has 1 saturated carbocycles. The molecule has 0 spiro atoms. The summed E-state index contributed by atoms with van der Waals surface area (Å²) in [6.45, 7) is 2.23. The van der Waals surface area contributed by atoms with Crippen molar-refractivity contribution >= 4 is 17.8 Å². The Balaban J connectivity index is 2.74. The first-order valence-electron chi connectivity index (χ1n) is 5.69. The molecule has 1 rings (SSSR count). The molecular weight excluding hydrogens is 226 g/mol. The molecule has 3 N–H and O–H groups in total. The average molecular weight is 243 g/mol. The zero-order valence-corrected chi connectivity index (χ0v) is 9.68. The number of hydrogen-bond acceptors (Lipinski definition) is 3. The molecule has 0 aliphatic heterocycles. The summed E-state index contributed by atoms with van der Waals surface area (Å²) in [6.07, 6.45) is 0.566. The van der Waals surface area contributed by atoms with E-state index >= 15 is 0 Å². The van der Waals surface area contributed by atoms with Crippen molar-refractivity contribution in [1.29, 1.82) is 0 Å². The van der Waals surface area contributed by atoms with E-state index in [9.17, 15) is 14.4 Å². The van der Waals surface area contributed by atoms with Crippen LogP contribution < -0.4 is 5.32 Å². The molecule has 0 radical (unpaired) electrons. The molecule has 96 valence electrons. The van der Waals surface area contributed by atoms with Crippen molar-refractivity contribution in [3.63, 3.8) is 0 Å². The van der Waals surface area contributed by atoms with E-state index in [1.54, 1.807) is 6.92 Å². The molecule has 1 fully saturated rings. The van der Waals surface area contributed by atoms with Gasteiger partial charge in [0.25, 0.3) is 0 Å². The summed E-state index contributed by atoms with van der Waals surface area (Å²) in [6, 6.07) is 0. The van der Waals surface area contributed by atoms with E-state index in [4.69, 9.17) is 10.2 Å². The number of carbonyl (C=O) groups is 3. The molecular formula is C11H17NO5. The molecule has 17 heavy (non-hydrogen) atoms. The van der Waals surface area contributed by atoms with E-state index < -0.39 is 29.7 Å². The van der Waals surface area contributed by atoms with Crippen molar-refractivity contribution in [2.75, 3.05) is 6.54 Å². The van der Waals surface area contributed by atoms with Gasteiger partial charge in [-0.25, -0.2) is 0 Å². The molecule has 0 aromatic heterocycles. The lowest BCUT2D eigenvalue weighted by Gasteiger charge is -2.29. The second-order valence-electron chi connectivity index (χ2n) is 4.37. The highest BCUT2D eigenvalue weighted by Gasteiger charge is 2.38. The van der Waals surface area contributed by atoms with Crippen LogP contribution in [0.5, 0.6) is 0 Å². The van der Waals surface area contributed by atoms with Gasteiger partial charge in [0, 0.05) is 12.5 Å². The topological polar surface area (TPSA) is 104 Å². The number of nitrogens with one attached hydrogen (secondary N) is 1. The molecule has 1 aliphatic carbocycles.